The number of ether oxygens (including phenoxy) is 1. The van der Waals surface area contributed by atoms with Crippen molar-refractivity contribution in [1.29, 1.82) is 0 Å². The summed E-state index contributed by atoms with van der Waals surface area (Å²) in [6.45, 7) is 10.1. The Labute approximate surface area is 257 Å². The standard InChI is InChI=1S/C33H36BClN2O6/c1-31(2)32(3,4)43-34(42-31)24-7-5-6-22(17-24)25-18-23(9-10-27(25)35)29(38)37-14-12-33(13-15-37)20-41-28-11-8-21(16-26(28)33)19-36-30(39)40/h5-11,16-18,36H,12-15,19-20H2,1-4H3,(H,39,40). The minimum Gasteiger partial charge on any atom is -0.492 e. The lowest BCUT2D eigenvalue weighted by atomic mass is 9.74. The number of carboxylic acid groups (broad SMARTS) is 1. The maximum absolute atomic E-state index is 13.7. The van der Waals surface area contributed by atoms with E-state index < -0.39 is 24.4 Å². The van der Waals surface area contributed by atoms with Crippen LogP contribution in [-0.4, -0.2) is 60.0 Å². The lowest BCUT2D eigenvalue weighted by Crippen LogP contribution is -2.46. The smallest absolute Gasteiger partial charge is 0.492 e. The van der Waals surface area contributed by atoms with Crippen molar-refractivity contribution >= 4 is 36.2 Å². The van der Waals surface area contributed by atoms with Gasteiger partial charge in [0.15, 0.2) is 0 Å². The highest BCUT2D eigenvalue weighted by Gasteiger charge is 2.51. The zero-order chi connectivity index (χ0) is 30.6. The molecule has 224 valence electrons. The van der Waals surface area contributed by atoms with Gasteiger partial charge in [0.25, 0.3) is 5.91 Å². The van der Waals surface area contributed by atoms with Crippen LogP contribution in [0.3, 0.4) is 0 Å². The Morgan fingerprint density at radius 1 is 0.977 bits per heavy atom. The monoisotopic (exact) mass is 602 g/mol. The molecular formula is C33H36BClN2O6. The summed E-state index contributed by atoms with van der Waals surface area (Å²) in [6.07, 6.45) is 0.470. The van der Waals surface area contributed by atoms with Crippen molar-refractivity contribution in [3.63, 3.8) is 0 Å². The second-order valence-corrected chi connectivity index (χ2v) is 13.2. The minimum absolute atomic E-state index is 0.0339. The van der Waals surface area contributed by atoms with Gasteiger partial charge in [0, 0.05) is 46.8 Å². The van der Waals surface area contributed by atoms with Crippen LogP contribution in [0, 0.1) is 0 Å². The predicted molar refractivity (Wildman–Crippen MR) is 166 cm³/mol. The third-order valence-electron chi connectivity index (χ3n) is 9.51. The Hall–Kier alpha value is -3.53. The van der Waals surface area contributed by atoms with Gasteiger partial charge in [0.2, 0.25) is 0 Å². The van der Waals surface area contributed by atoms with E-state index in [1.54, 1.807) is 12.1 Å². The van der Waals surface area contributed by atoms with Crippen molar-refractivity contribution in [2.24, 2.45) is 0 Å². The number of nitrogens with zero attached hydrogens (tertiary/aromatic N) is 1. The maximum Gasteiger partial charge on any atom is 0.494 e. The number of benzene rings is 3. The first-order chi connectivity index (χ1) is 20.4. The van der Waals surface area contributed by atoms with Crippen LogP contribution in [-0.2, 0) is 21.3 Å². The summed E-state index contributed by atoms with van der Waals surface area (Å²) in [7, 11) is -0.497. The molecule has 0 aromatic heterocycles. The fourth-order valence-electron chi connectivity index (χ4n) is 6.14. The van der Waals surface area contributed by atoms with Gasteiger partial charge in [-0.2, -0.15) is 0 Å². The Morgan fingerprint density at radius 3 is 2.40 bits per heavy atom. The molecule has 3 aliphatic rings. The van der Waals surface area contributed by atoms with Crippen LogP contribution >= 0.6 is 11.6 Å². The van der Waals surface area contributed by atoms with E-state index in [2.05, 4.69) is 5.32 Å². The molecule has 0 atom stereocenters. The minimum atomic E-state index is -1.05. The van der Waals surface area contributed by atoms with E-state index in [0.29, 0.717) is 30.3 Å². The van der Waals surface area contributed by atoms with Crippen molar-refractivity contribution in [2.75, 3.05) is 19.7 Å². The van der Waals surface area contributed by atoms with Crippen LogP contribution in [0.5, 0.6) is 5.75 Å². The summed E-state index contributed by atoms with van der Waals surface area (Å²) in [5.74, 6) is 0.803. The summed E-state index contributed by atoms with van der Waals surface area (Å²) in [5.41, 5.74) is 4.05. The molecular weight excluding hydrogens is 567 g/mol. The highest BCUT2D eigenvalue weighted by atomic mass is 35.5. The van der Waals surface area contributed by atoms with E-state index in [9.17, 15) is 9.59 Å². The summed E-state index contributed by atoms with van der Waals surface area (Å²) in [6, 6.07) is 19.2. The second kappa shape index (κ2) is 10.9. The number of hydrogen-bond acceptors (Lipinski definition) is 5. The largest absolute Gasteiger partial charge is 0.494 e. The average molecular weight is 603 g/mol. The molecule has 0 unspecified atom stereocenters. The maximum atomic E-state index is 13.7. The van der Waals surface area contributed by atoms with Crippen molar-refractivity contribution in [2.45, 2.75) is 63.7 Å². The summed E-state index contributed by atoms with van der Waals surface area (Å²) >= 11 is 6.67. The number of nitrogens with one attached hydrogen (secondary N) is 1. The molecule has 43 heavy (non-hydrogen) atoms. The fourth-order valence-corrected chi connectivity index (χ4v) is 6.37. The summed E-state index contributed by atoms with van der Waals surface area (Å²) in [5, 5.41) is 12.0. The number of amides is 2. The molecule has 2 fully saturated rings. The first-order valence-electron chi connectivity index (χ1n) is 14.7. The summed E-state index contributed by atoms with van der Waals surface area (Å²) < 4.78 is 18.5. The molecule has 0 aliphatic carbocycles. The van der Waals surface area contributed by atoms with E-state index >= 15 is 0 Å². The Morgan fingerprint density at radius 2 is 1.70 bits per heavy atom. The second-order valence-electron chi connectivity index (χ2n) is 12.8. The van der Waals surface area contributed by atoms with Crippen LogP contribution in [0.25, 0.3) is 11.1 Å². The van der Waals surface area contributed by atoms with Crippen molar-refractivity contribution in [3.8, 4) is 16.9 Å². The normalized spacial score (nSPS) is 19.7. The van der Waals surface area contributed by atoms with Crippen LogP contribution in [0.2, 0.25) is 5.02 Å². The lowest BCUT2D eigenvalue weighted by molar-refractivity contribution is 0.00578. The summed E-state index contributed by atoms with van der Waals surface area (Å²) in [4.78, 5) is 26.6. The first kappa shape index (κ1) is 29.5. The number of rotatable bonds is 5. The van der Waals surface area contributed by atoms with Crippen LogP contribution in [0.15, 0.2) is 60.7 Å². The predicted octanol–water partition coefficient (Wildman–Crippen LogP) is 5.64. The van der Waals surface area contributed by atoms with E-state index in [1.807, 2.05) is 81.1 Å². The molecule has 3 aliphatic heterocycles. The molecule has 0 radical (unpaired) electrons. The number of likely N-dealkylation sites (tertiary alicyclic amines) is 1. The zero-order valence-electron chi connectivity index (χ0n) is 24.9. The quantitative estimate of drug-likeness (QED) is 0.367. The van der Waals surface area contributed by atoms with E-state index in [4.69, 9.17) is 30.8 Å². The van der Waals surface area contributed by atoms with Gasteiger partial charge in [0.05, 0.1) is 17.8 Å². The van der Waals surface area contributed by atoms with Crippen LogP contribution < -0.4 is 15.5 Å². The molecule has 2 amide bonds. The van der Waals surface area contributed by atoms with E-state index in [-0.39, 0.29) is 17.9 Å². The van der Waals surface area contributed by atoms with Crippen LogP contribution in [0.4, 0.5) is 4.79 Å². The zero-order valence-corrected chi connectivity index (χ0v) is 25.7. The highest BCUT2D eigenvalue weighted by Crippen LogP contribution is 2.46. The third kappa shape index (κ3) is 5.50. The number of fused-ring (bicyclic) bond motifs is 2. The number of piperidine rings is 1. The van der Waals surface area contributed by atoms with Crippen LogP contribution in [0.1, 0.15) is 62.0 Å². The van der Waals surface area contributed by atoms with Gasteiger partial charge >= 0.3 is 13.2 Å². The molecule has 8 nitrogen and oxygen atoms in total. The molecule has 0 bridgehead atoms. The van der Waals surface area contributed by atoms with E-state index in [1.165, 1.54) is 0 Å². The molecule has 2 saturated heterocycles. The topological polar surface area (TPSA) is 97.3 Å². The van der Waals surface area contributed by atoms with Gasteiger partial charge in [-0.1, -0.05) is 41.9 Å². The van der Waals surface area contributed by atoms with Gasteiger partial charge in [-0.3, -0.25) is 4.79 Å². The molecule has 2 N–H and O–H groups in total. The molecule has 3 aromatic carbocycles. The number of carbonyl (C=O) groups excluding carboxylic acids is 1. The van der Waals surface area contributed by atoms with E-state index in [0.717, 1.165) is 46.3 Å². The Balaban J connectivity index is 1.18. The molecule has 0 saturated carbocycles. The molecule has 3 heterocycles. The average Bonchev–Trinajstić information content (AvgIpc) is 3.43. The van der Waals surface area contributed by atoms with Gasteiger partial charge in [-0.25, -0.2) is 4.79 Å². The molecule has 1 spiro atoms. The first-order valence-corrected chi connectivity index (χ1v) is 15.0. The van der Waals surface area contributed by atoms with Gasteiger partial charge in [-0.15, -0.1) is 0 Å². The number of hydrogen-bond donors (Lipinski definition) is 2. The molecule has 10 heteroatoms. The Bertz CT molecular complexity index is 1570. The van der Waals surface area contributed by atoms with Crippen molar-refractivity contribution in [3.05, 3.63) is 82.4 Å². The van der Waals surface area contributed by atoms with Crippen molar-refractivity contribution in [1.82, 2.24) is 10.2 Å². The lowest BCUT2D eigenvalue weighted by Gasteiger charge is -2.38. The van der Waals surface area contributed by atoms with Gasteiger partial charge in [-0.05, 0) is 87.5 Å². The highest BCUT2D eigenvalue weighted by molar-refractivity contribution is 6.62. The SMILES string of the molecule is CC1(C)OB(c2cccc(-c3cc(C(=O)N4CCC5(CC4)COc4ccc(CNC(=O)O)cc45)ccc3Cl)c2)OC1(C)C. The fraction of sp³-hybridized carbons (Fsp3) is 0.394. The van der Waals surface area contributed by atoms with Gasteiger partial charge < -0.3 is 29.4 Å². The molecule has 6 rings (SSSR count). The third-order valence-corrected chi connectivity index (χ3v) is 9.84. The number of carbonyl (C=O) groups is 2. The molecule has 3 aromatic rings. The Kier molecular flexibility index (Phi) is 7.47. The van der Waals surface area contributed by atoms with Gasteiger partial charge in [0.1, 0.15) is 5.75 Å². The number of halogens is 1. The van der Waals surface area contributed by atoms with Crippen molar-refractivity contribution < 1.29 is 28.7 Å².